The molecule has 0 saturated heterocycles. The van der Waals surface area contributed by atoms with Crippen LogP contribution in [0.15, 0.2) is 60.7 Å². The Balaban J connectivity index is 0. The summed E-state index contributed by atoms with van der Waals surface area (Å²) in [5.74, 6) is 0.167. The summed E-state index contributed by atoms with van der Waals surface area (Å²) in [6, 6.07) is 20.5. The first-order valence-corrected chi connectivity index (χ1v) is 8.94. The predicted octanol–water partition coefficient (Wildman–Crippen LogP) is 7.17. The van der Waals surface area contributed by atoms with Crippen molar-refractivity contribution < 1.29 is 4.79 Å². The molecule has 2 aromatic carbocycles. The smallest absolute Gasteiger partial charge is 0.126 e. The summed E-state index contributed by atoms with van der Waals surface area (Å²) in [6.07, 6.45) is 5.54. The van der Waals surface area contributed by atoms with Crippen LogP contribution in [0.3, 0.4) is 0 Å². The maximum atomic E-state index is 9.44. The molecule has 0 atom stereocenters. The van der Waals surface area contributed by atoms with Crippen LogP contribution in [0.1, 0.15) is 64.5 Å². The summed E-state index contributed by atoms with van der Waals surface area (Å²) >= 11 is 0. The fourth-order valence-electron chi connectivity index (χ4n) is 1.57. The van der Waals surface area contributed by atoms with Crippen molar-refractivity contribution in [3.8, 4) is 0 Å². The molecule has 0 unspecified atom stereocenters. The van der Waals surface area contributed by atoms with E-state index in [1.807, 2.05) is 36.4 Å². The molecule has 2 aromatic rings. The van der Waals surface area contributed by atoms with Gasteiger partial charge in [-0.1, -0.05) is 111 Å². The highest BCUT2D eigenvalue weighted by molar-refractivity contribution is 5.72. The summed E-state index contributed by atoms with van der Waals surface area (Å²) in [4.78, 5) is 9.44. The van der Waals surface area contributed by atoms with Gasteiger partial charge in [-0.15, -0.1) is 0 Å². The fraction of sp³-hybridized carbons (Fsp3) is 0.435. The van der Waals surface area contributed by atoms with Gasteiger partial charge in [0.15, 0.2) is 0 Å². The van der Waals surface area contributed by atoms with E-state index in [0.29, 0.717) is 0 Å². The average molecular weight is 329 g/mol. The second-order valence-electron chi connectivity index (χ2n) is 5.92. The number of aryl methyl sites for hydroxylation is 2. The lowest BCUT2D eigenvalue weighted by molar-refractivity contribution is -0.114. The molecule has 2 rings (SSSR count). The van der Waals surface area contributed by atoms with Crippen molar-refractivity contribution in [1.82, 2.24) is 0 Å². The number of hydrogen-bond donors (Lipinski definition) is 0. The van der Waals surface area contributed by atoms with Gasteiger partial charge < -0.3 is 4.79 Å². The van der Waals surface area contributed by atoms with E-state index in [4.69, 9.17) is 0 Å². The Hall–Kier alpha value is -1.89. The highest BCUT2D eigenvalue weighted by Crippen LogP contribution is 1.95. The lowest BCUT2D eigenvalue weighted by atomic mass is 10.2. The fourth-order valence-corrected chi connectivity index (χ4v) is 1.57. The molecule has 0 aliphatic heterocycles. The van der Waals surface area contributed by atoms with Crippen molar-refractivity contribution >= 4 is 5.78 Å². The van der Waals surface area contributed by atoms with E-state index in [-0.39, 0.29) is 5.78 Å². The summed E-state index contributed by atoms with van der Waals surface area (Å²) in [7, 11) is 0. The van der Waals surface area contributed by atoms with Crippen molar-refractivity contribution in [2.24, 2.45) is 0 Å². The second-order valence-corrected chi connectivity index (χ2v) is 5.92. The van der Waals surface area contributed by atoms with Crippen LogP contribution in [0, 0.1) is 13.8 Å². The van der Waals surface area contributed by atoms with Crippen molar-refractivity contribution in [2.45, 2.75) is 67.2 Å². The van der Waals surface area contributed by atoms with Crippen LogP contribution in [0.5, 0.6) is 0 Å². The molecule has 1 heteroatoms. The minimum Gasteiger partial charge on any atom is -0.300 e. The van der Waals surface area contributed by atoms with Gasteiger partial charge in [0.05, 0.1) is 0 Å². The molecule has 0 amide bonds. The van der Waals surface area contributed by atoms with Gasteiger partial charge in [-0.2, -0.15) is 0 Å². The predicted molar refractivity (Wildman–Crippen MR) is 109 cm³/mol. The number of carbonyl (C=O) groups excluding carboxylic acids is 1. The molecule has 0 radical (unpaired) electrons. The molecule has 134 valence electrons. The quantitative estimate of drug-likeness (QED) is 0.546. The molecule has 0 aliphatic carbocycles. The Labute approximate surface area is 150 Å². The maximum Gasteiger partial charge on any atom is 0.126 e. The van der Waals surface area contributed by atoms with Crippen LogP contribution in [0.4, 0.5) is 0 Å². The number of carbonyl (C=O) groups is 1. The minimum atomic E-state index is 0.167. The molecule has 0 aromatic heterocycles. The number of unbranched alkanes of at least 4 members (excludes halogenated alkanes) is 3. The summed E-state index contributed by atoms with van der Waals surface area (Å²) in [5, 5.41) is 0. The van der Waals surface area contributed by atoms with E-state index in [9.17, 15) is 4.79 Å². The van der Waals surface area contributed by atoms with Gasteiger partial charge in [-0.05, 0) is 27.7 Å². The summed E-state index contributed by atoms with van der Waals surface area (Å²) in [5.41, 5.74) is 2.64. The second kappa shape index (κ2) is 19.2. The average Bonchev–Trinajstić information content (AvgIpc) is 2.55. The molecule has 0 N–H and O–H groups in total. The number of benzene rings is 2. The van der Waals surface area contributed by atoms with Gasteiger partial charge in [-0.25, -0.2) is 0 Å². The van der Waals surface area contributed by atoms with Gasteiger partial charge in [0.2, 0.25) is 0 Å². The summed E-state index contributed by atoms with van der Waals surface area (Å²) < 4.78 is 0. The van der Waals surface area contributed by atoms with Crippen molar-refractivity contribution in [2.75, 3.05) is 0 Å². The zero-order chi connectivity index (χ0) is 18.6. The molecule has 0 spiro atoms. The monoisotopic (exact) mass is 328 g/mol. The van der Waals surface area contributed by atoms with Crippen LogP contribution < -0.4 is 0 Å². The Morgan fingerprint density at radius 2 is 0.917 bits per heavy atom. The standard InChI is InChI=1S/2C7H8.C6H14.C3H6O/c2*1-7-5-3-2-4-6-7;1-3-5-6-4-2;1-3(2)4/h2*2-6H,1H3;3-6H2,1-2H3;1-2H3. The van der Waals surface area contributed by atoms with Gasteiger partial charge >= 0.3 is 0 Å². The topological polar surface area (TPSA) is 17.1 Å². The van der Waals surface area contributed by atoms with E-state index >= 15 is 0 Å². The normalized spacial score (nSPS) is 8.42. The zero-order valence-corrected chi connectivity index (χ0v) is 16.5. The van der Waals surface area contributed by atoms with Crippen LogP contribution in [0.2, 0.25) is 0 Å². The number of ketones is 1. The Kier molecular flexibility index (Phi) is 19.4. The Bertz CT molecular complexity index is 428. The molecule has 0 aliphatic rings. The third-order valence-electron chi connectivity index (χ3n) is 2.84. The highest BCUT2D eigenvalue weighted by atomic mass is 16.1. The van der Waals surface area contributed by atoms with Crippen molar-refractivity contribution in [3.63, 3.8) is 0 Å². The molecule has 1 nitrogen and oxygen atoms in total. The largest absolute Gasteiger partial charge is 0.300 e. The van der Waals surface area contributed by atoms with Gasteiger partial charge in [0.25, 0.3) is 0 Å². The lowest BCUT2D eigenvalue weighted by Crippen LogP contribution is -1.69. The van der Waals surface area contributed by atoms with E-state index in [0.717, 1.165) is 0 Å². The number of hydrogen-bond acceptors (Lipinski definition) is 1. The Morgan fingerprint density at radius 3 is 1.04 bits per heavy atom. The third kappa shape index (κ3) is 25.1. The Morgan fingerprint density at radius 1 is 0.667 bits per heavy atom. The van der Waals surface area contributed by atoms with Crippen molar-refractivity contribution in [3.05, 3.63) is 71.8 Å². The molecular weight excluding hydrogens is 292 g/mol. The minimum absolute atomic E-state index is 0.167. The van der Waals surface area contributed by atoms with E-state index in [1.54, 1.807) is 0 Å². The first-order valence-electron chi connectivity index (χ1n) is 8.94. The van der Waals surface area contributed by atoms with Gasteiger partial charge in [0, 0.05) is 0 Å². The van der Waals surface area contributed by atoms with Crippen LogP contribution in [-0.4, -0.2) is 5.78 Å². The molecule has 0 fully saturated rings. The van der Waals surface area contributed by atoms with Crippen LogP contribution in [0.25, 0.3) is 0 Å². The first-order chi connectivity index (χ1) is 11.4. The maximum absolute atomic E-state index is 9.44. The summed E-state index contributed by atoms with van der Waals surface area (Å²) in [6.45, 7) is 11.7. The number of rotatable bonds is 3. The highest BCUT2D eigenvalue weighted by Gasteiger charge is 1.75. The van der Waals surface area contributed by atoms with Crippen LogP contribution in [-0.2, 0) is 4.79 Å². The van der Waals surface area contributed by atoms with Crippen molar-refractivity contribution in [1.29, 1.82) is 0 Å². The third-order valence-corrected chi connectivity index (χ3v) is 2.84. The van der Waals surface area contributed by atoms with Crippen LogP contribution >= 0.6 is 0 Å². The van der Waals surface area contributed by atoms with Gasteiger partial charge in [-0.3, -0.25) is 0 Å². The molecule has 0 heterocycles. The van der Waals surface area contributed by atoms with E-state index < -0.39 is 0 Å². The molecule has 0 saturated carbocycles. The van der Waals surface area contributed by atoms with Gasteiger partial charge in [0.1, 0.15) is 5.78 Å². The molecular formula is C23H36O. The lowest BCUT2D eigenvalue weighted by Gasteiger charge is -1.86. The van der Waals surface area contributed by atoms with E-state index in [2.05, 4.69) is 52.0 Å². The van der Waals surface area contributed by atoms with E-state index in [1.165, 1.54) is 50.7 Å². The molecule has 24 heavy (non-hydrogen) atoms. The number of Topliss-reactive ketones (excluding diaryl/α,β-unsaturated/α-hetero) is 1. The molecule has 0 bridgehead atoms. The zero-order valence-electron chi connectivity index (χ0n) is 16.5. The SMILES string of the molecule is CC(C)=O.CCCCCC.Cc1ccccc1.Cc1ccccc1. The first kappa shape index (κ1) is 24.4.